The van der Waals surface area contributed by atoms with Crippen LogP contribution in [0.2, 0.25) is 0 Å². The maximum Gasteiger partial charge on any atom is 0.271 e. The van der Waals surface area contributed by atoms with Crippen molar-refractivity contribution in [2.75, 3.05) is 6.61 Å². The minimum absolute atomic E-state index is 0.0656. The molecule has 4 nitrogen and oxygen atoms in total. The highest BCUT2D eigenvalue weighted by Gasteiger charge is 2.14. The van der Waals surface area contributed by atoms with E-state index in [0.29, 0.717) is 12.2 Å². The Bertz CT molecular complexity index is 713. The first-order valence-electron chi connectivity index (χ1n) is 8.07. The maximum atomic E-state index is 12.2. The fraction of sp³-hybridized carbons (Fsp3) is 0.300. The van der Waals surface area contributed by atoms with Crippen LogP contribution in [-0.4, -0.2) is 18.7 Å². The molecular weight excluding hydrogens is 300 g/mol. The lowest BCUT2D eigenvalue weighted by Crippen LogP contribution is -2.18. The Balaban J connectivity index is 2.03. The lowest BCUT2D eigenvalue weighted by molar-refractivity contribution is 0.0955. The molecule has 0 aromatic heterocycles. The van der Waals surface area contributed by atoms with Crippen molar-refractivity contribution in [2.24, 2.45) is 5.10 Å². The molecule has 0 aliphatic heterocycles. The molecule has 126 valence electrons. The Morgan fingerprint density at radius 3 is 2.42 bits per heavy atom. The van der Waals surface area contributed by atoms with Gasteiger partial charge in [-0.3, -0.25) is 4.79 Å². The number of ether oxygens (including phenoxy) is 1. The minimum atomic E-state index is -0.236. The van der Waals surface area contributed by atoms with Crippen LogP contribution in [0.5, 0.6) is 5.75 Å². The second-order valence-electron chi connectivity index (χ2n) is 6.50. The largest absolute Gasteiger partial charge is 0.493 e. The van der Waals surface area contributed by atoms with Gasteiger partial charge in [-0.05, 0) is 42.2 Å². The predicted molar refractivity (Wildman–Crippen MR) is 97.8 cm³/mol. The molecule has 2 rings (SSSR count). The molecule has 0 aliphatic rings. The van der Waals surface area contributed by atoms with Crippen molar-refractivity contribution in [3.8, 4) is 5.75 Å². The summed E-state index contributed by atoms with van der Waals surface area (Å²) >= 11 is 0. The van der Waals surface area contributed by atoms with Crippen molar-refractivity contribution in [1.29, 1.82) is 0 Å². The summed E-state index contributed by atoms with van der Waals surface area (Å²) < 4.78 is 5.52. The summed E-state index contributed by atoms with van der Waals surface area (Å²) in [6.07, 6.45) is 1.59. The molecule has 0 aliphatic carbocycles. The molecule has 0 atom stereocenters. The molecule has 2 aromatic rings. The van der Waals surface area contributed by atoms with E-state index in [1.54, 1.807) is 6.21 Å². The van der Waals surface area contributed by atoms with E-state index in [0.717, 1.165) is 11.3 Å². The summed E-state index contributed by atoms with van der Waals surface area (Å²) in [5.74, 6) is 0.508. The van der Waals surface area contributed by atoms with Crippen molar-refractivity contribution < 1.29 is 9.53 Å². The fourth-order valence-electron chi connectivity index (χ4n) is 2.22. The first-order valence-corrected chi connectivity index (χ1v) is 8.07. The van der Waals surface area contributed by atoms with Crippen LogP contribution in [0.15, 0.2) is 53.6 Å². The topological polar surface area (TPSA) is 50.7 Å². The quantitative estimate of drug-likeness (QED) is 0.663. The molecule has 0 heterocycles. The Morgan fingerprint density at radius 2 is 1.79 bits per heavy atom. The van der Waals surface area contributed by atoms with Crippen LogP contribution in [0, 0.1) is 0 Å². The van der Waals surface area contributed by atoms with E-state index in [2.05, 4.69) is 31.3 Å². The number of nitrogens with zero attached hydrogens (tertiary/aromatic N) is 1. The third-order valence-corrected chi connectivity index (χ3v) is 3.60. The van der Waals surface area contributed by atoms with Crippen LogP contribution in [0.3, 0.4) is 0 Å². The van der Waals surface area contributed by atoms with Crippen LogP contribution >= 0.6 is 0 Å². The van der Waals surface area contributed by atoms with Crippen LogP contribution in [0.1, 0.15) is 49.2 Å². The standard InChI is InChI=1S/C20H24N2O2/c1-5-24-18-9-7-6-8-16(18)14-21-22-19(23)15-10-12-17(13-11-15)20(2,3)4/h6-14H,5H2,1-4H3,(H,22,23)/b21-14-. The van der Waals surface area contributed by atoms with Gasteiger partial charge in [-0.25, -0.2) is 5.43 Å². The number of para-hydroxylation sites is 1. The first-order chi connectivity index (χ1) is 11.4. The highest BCUT2D eigenvalue weighted by molar-refractivity contribution is 5.95. The van der Waals surface area contributed by atoms with Crippen LogP contribution < -0.4 is 10.2 Å². The molecule has 0 bridgehead atoms. The van der Waals surface area contributed by atoms with Gasteiger partial charge < -0.3 is 4.74 Å². The van der Waals surface area contributed by atoms with E-state index in [1.165, 1.54) is 5.56 Å². The lowest BCUT2D eigenvalue weighted by atomic mass is 9.87. The summed E-state index contributed by atoms with van der Waals surface area (Å²) in [5.41, 5.74) is 5.21. The SMILES string of the molecule is CCOc1ccccc1/C=N\NC(=O)c1ccc(C(C)(C)C)cc1. The molecule has 0 fully saturated rings. The van der Waals surface area contributed by atoms with E-state index in [4.69, 9.17) is 4.74 Å². The first kappa shape index (κ1) is 17.7. The summed E-state index contributed by atoms with van der Waals surface area (Å²) in [6.45, 7) is 8.93. The zero-order valence-electron chi connectivity index (χ0n) is 14.7. The predicted octanol–water partition coefficient (Wildman–Crippen LogP) is 4.15. The van der Waals surface area contributed by atoms with Gasteiger partial charge in [0.2, 0.25) is 0 Å². The van der Waals surface area contributed by atoms with Gasteiger partial charge in [0.1, 0.15) is 5.75 Å². The zero-order valence-corrected chi connectivity index (χ0v) is 14.7. The number of amides is 1. The summed E-state index contributed by atoms with van der Waals surface area (Å²) in [4.78, 5) is 12.2. The summed E-state index contributed by atoms with van der Waals surface area (Å²) in [5, 5.41) is 4.03. The lowest BCUT2D eigenvalue weighted by Gasteiger charge is -2.18. The molecular formula is C20H24N2O2. The Morgan fingerprint density at radius 1 is 1.12 bits per heavy atom. The van der Waals surface area contributed by atoms with Gasteiger partial charge in [0.05, 0.1) is 12.8 Å². The summed E-state index contributed by atoms with van der Waals surface area (Å²) in [7, 11) is 0. The number of carbonyl (C=O) groups excluding carboxylic acids is 1. The van der Waals surface area contributed by atoms with Crippen molar-refractivity contribution in [1.82, 2.24) is 5.43 Å². The van der Waals surface area contributed by atoms with E-state index >= 15 is 0 Å². The zero-order chi connectivity index (χ0) is 17.6. The van der Waals surface area contributed by atoms with Crippen molar-refractivity contribution >= 4 is 12.1 Å². The van der Waals surface area contributed by atoms with Crippen LogP contribution in [0.4, 0.5) is 0 Å². The van der Waals surface area contributed by atoms with Crippen LogP contribution in [-0.2, 0) is 5.41 Å². The van der Waals surface area contributed by atoms with E-state index in [9.17, 15) is 4.79 Å². The number of rotatable bonds is 5. The number of carbonyl (C=O) groups is 1. The number of hydrogen-bond acceptors (Lipinski definition) is 3. The van der Waals surface area contributed by atoms with Gasteiger partial charge in [0, 0.05) is 11.1 Å². The third-order valence-electron chi connectivity index (χ3n) is 3.60. The smallest absolute Gasteiger partial charge is 0.271 e. The normalized spacial score (nSPS) is 11.5. The highest BCUT2D eigenvalue weighted by atomic mass is 16.5. The van der Waals surface area contributed by atoms with E-state index in [1.807, 2.05) is 55.5 Å². The van der Waals surface area contributed by atoms with E-state index in [-0.39, 0.29) is 11.3 Å². The van der Waals surface area contributed by atoms with Crippen molar-refractivity contribution in [2.45, 2.75) is 33.1 Å². The van der Waals surface area contributed by atoms with Gasteiger partial charge in [-0.2, -0.15) is 5.10 Å². The second-order valence-corrected chi connectivity index (χ2v) is 6.50. The van der Waals surface area contributed by atoms with Crippen LogP contribution in [0.25, 0.3) is 0 Å². The third kappa shape index (κ3) is 4.69. The van der Waals surface area contributed by atoms with Gasteiger partial charge >= 0.3 is 0 Å². The average molecular weight is 324 g/mol. The monoisotopic (exact) mass is 324 g/mol. The Labute approximate surface area is 143 Å². The molecule has 1 N–H and O–H groups in total. The molecule has 0 radical (unpaired) electrons. The Hall–Kier alpha value is -2.62. The highest BCUT2D eigenvalue weighted by Crippen LogP contribution is 2.22. The molecule has 0 saturated carbocycles. The van der Waals surface area contributed by atoms with Gasteiger partial charge in [-0.15, -0.1) is 0 Å². The molecule has 4 heteroatoms. The van der Waals surface area contributed by atoms with E-state index < -0.39 is 0 Å². The molecule has 1 amide bonds. The number of nitrogens with one attached hydrogen (secondary N) is 1. The summed E-state index contributed by atoms with van der Waals surface area (Å²) in [6, 6.07) is 15.1. The minimum Gasteiger partial charge on any atom is -0.493 e. The average Bonchev–Trinajstić information content (AvgIpc) is 2.56. The fourth-order valence-corrected chi connectivity index (χ4v) is 2.22. The molecule has 2 aromatic carbocycles. The number of benzene rings is 2. The second kappa shape index (κ2) is 7.77. The van der Waals surface area contributed by atoms with Crippen molar-refractivity contribution in [3.63, 3.8) is 0 Å². The number of hydrazone groups is 1. The molecule has 0 spiro atoms. The molecule has 24 heavy (non-hydrogen) atoms. The number of hydrogen-bond donors (Lipinski definition) is 1. The van der Waals surface area contributed by atoms with Crippen molar-refractivity contribution in [3.05, 3.63) is 65.2 Å². The Kier molecular flexibility index (Phi) is 5.74. The molecule has 0 saturated heterocycles. The maximum absolute atomic E-state index is 12.2. The van der Waals surface area contributed by atoms with Gasteiger partial charge in [-0.1, -0.05) is 45.0 Å². The van der Waals surface area contributed by atoms with Gasteiger partial charge in [0.25, 0.3) is 5.91 Å². The van der Waals surface area contributed by atoms with Gasteiger partial charge in [0.15, 0.2) is 0 Å². The molecule has 0 unspecified atom stereocenters.